The van der Waals surface area contributed by atoms with Crippen LogP contribution < -0.4 is 15.6 Å². The Morgan fingerprint density at radius 2 is 1.88 bits per heavy atom. The van der Waals surface area contributed by atoms with Crippen molar-refractivity contribution in [3.8, 4) is 5.75 Å². The zero-order chi connectivity index (χ0) is 18.4. The highest BCUT2D eigenvalue weighted by Crippen LogP contribution is 2.20. The van der Waals surface area contributed by atoms with Gasteiger partial charge in [0, 0.05) is 13.1 Å². The summed E-state index contributed by atoms with van der Waals surface area (Å²) in [6, 6.07) is 7.23. The minimum Gasteiger partial charge on any atom is -0.497 e. The second-order valence-electron chi connectivity index (χ2n) is 7.11. The molecule has 1 saturated heterocycles. The molecule has 1 heterocycles. The van der Waals surface area contributed by atoms with E-state index >= 15 is 0 Å². The zero-order valence-electron chi connectivity index (χ0n) is 15.3. The molecule has 0 aliphatic carbocycles. The number of rotatable bonds is 4. The summed E-state index contributed by atoms with van der Waals surface area (Å²) in [6.07, 6.45) is 1.16. The smallest absolute Gasteiger partial charge is 0.410 e. The van der Waals surface area contributed by atoms with Crippen LogP contribution in [0.3, 0.4) is 0 Å². The van der Waals surface area contributed by atoms with E-state index in [2.05, 4.69) is 10.9 Å². The summed E-state index contributed by atoms with van der Waals surface area (Å²) >= 11 is 0. The highest BCUT2D eigenvalue weighted by atomic mass is 16.6. The van der Waals surface area contributed by atoms with Crippen LogP contribution in [0.1, 0.15) is 33.6 Å². The number of anilines is 1. The number of piperidine rings is 1. The first-order valence-corrected chi connectivity index (χ1v) is 8.46. The summed E-state index contributed by atoms with van der Waals surface area (Å²) in [6.45, 7) is 6.48. The van der Waals surface area contributed by atoms with Crippen LogP contribution in [0.15, 0.2) is 24.3 Å². The van der Waals surface area contributed by atoms with Gasteiger partial charge in [-0.15, -0.1) is 0 Å². The summed E-state index contributed by atoms with van der Waals surface area (Å²) in [4.78, 5) is 26.1. The fourth-order valence-corrected chi connectivity index (χ4v) is 2.59. The lowest BCUT2D eigenvalue weighted by Crippen LogP contribution is -2.47. The number of hydrogen-bond acceptors (Lipinski definition) is 5. The van der Waals surface area contributed by atoms with Gasteiger partial charge >= 0.3 is 6.09 Å². The van der Waals surface area contributed by atoms with Crippen molar-refractivity contribution in [2.45, 2.75) is 39.2 Å². The van der Waals surface area contributed by atoms with Crippen molar-refractivity contribution in [3.63, 3.8) is 0 Å². The lowest BCUT2D eigenvalue weighted by Gasteiger charge is -2.33. The molecule has 1 aromatic rings. The molecule has 1 atom stereocenters. The molecule has 2 rings (SSSR count). The number of carbonyl (C=O) groups is 2. The average molecular weight is 349 g/mol. The summed E-state index contributed by atoms with van der Waals surface area (Å²) in [5.41, 5.74) is 5.81. The van der Waals surface area contributed by atoms with E-state index in [0.717, 1.165) is 24.3 Å². The van der Waals surface area contributed by atoms with Gasteiger partial charge in [0.25, 0.3) is 0 Å². The number of ether oxygens (including phenoxy) is 2. The lowest BCUT2D eigenvalue weighted by molar-refractivity contribution is -0.126. The summed E-state index contributed by atoms with van der Waals surface area (Å²) in [5.74, 6) is 0.355. The number of hydrogen-bond donors (Lipinski definition) is 2. The van der Waals surface area contributed by atoms with Gasteiger partial charge in [0.2, 0.25) is 5.91 Å². The zero-order valence-corrected chi connectivity index (χ0v) is 15.3. The maximum absolute atomic E-state index is 12.4. The molecule has 1 aromatic carbocycles. The Bertz CT molecular complexity index is 595. The minimum atomic E-state index is -0.539. The fraction of sp³-hybridized carbons (Fsp3) is 0.556. The van der Waals surface area contributed by atoms with E-state index in [1.54, 1.807) is 24.1 Å². The first-order chi connectivity index (χ1) is 11.8. The van der Waals surface area contributed by atoms with Gasteiger partial charge in [-0.3, -0.25) is 15.6 Å². The number of carbonyl (C=O) groups excluding carboxylic acids is 2. The molecule has 2 amide bonds. The molecule has 25 heavy (non-hydrogen) atoms. The molecule has 1 aliphatic rings. The normalized spacial score (nSPS) is 17.6. The van der Waals surface area contributed by atoms with Crippen molar-refractivity contribution >= 4 is 17.7 Å². The largest absolute Gasteiger partial charge is 0.497 e. The van der Waals surface area contributed by atoms with Gasteiger partial charge in [0.15, 0.2) is 0 Å². The van der Waals surface area contributed by atoms with E-state index in [1.807, 2.05) is 32.9 Å². The molecular formula is C18H27N3O4. The lowest BCUT2D eigenvalue weighted by atomic mass is 9.98. The van der Waals surface area contributed by atoms with Crippen LogP contribution >= 0.6 is 0 Å². The van der Waals surface area contributed by atoms with Crippen molar-refractivity contribution in [2.75, 3.05) is 25.6 Å². The topological polar surface area (TPSA) is 79.9 Å². The average Bonchev–Trinajstić information content (AvgIpc) is 2.58. The van der Waals surface area contributed by atoms with E-state index in [-0.39, 0.29) is 17.9 Å². The summed E-state index contributed by atoms with van der Waals surface area (Å²) < 4.78 is 10.5. The van der Waals surface area contributed by atoms with Crippen LogP contribution in [0.5, 0.6) is 5.75 Å². The molecule has 0 radical (unpaired) electrons. The Morgan fingerprint density at radius 3 is 2.48 bits per heavy atom. The third-order valence-corrected chi connectivity index (χ3v) is 3.86. The van der Waals surface area contributed by atoms with Crippen molar-refractivity contribution in [1.82, 2.24) is 10.3 Å². The Morgan fingerprint density at radius 1 is 1.20 bits per heavy atom. The van der Waals surface area contributed by atoms with Crippen LogP contribution in [0, 0.1) is 5.92 Å². The molecular weight excluding hydrogens is 322 g/mol. The predicted octanol–water partition coefficient (Wildman–Crippen LogP) is 2.79. The number of hydrazine groups is 1. The highest BCUT2D eigenvalue weighted by Gasteiger charge is 2.30. The minimum absolute atomic E-state index is 0.135. The first kappa shape index (κ1) is 18.9. The fourth-order valence-electron chi connectivity index (χ4n) is 2.59. The van der Waals surface area contributed by atoms with Crippen LogP contribution in [0.2, 0.25) is 0 Å². The molecule has 0 spiro atoms. The van der Waals surface area contributed by atoms with Crippen molar-refractivity contribution in [2.24, 2.45) is 5.92 Å². The molecule has 7 nitrogen and oxygen atoms in total. The van der Waals surface area contributed by atoms with Gasteiger partial charge in [-0.05, 0) is 57.9 Å². The quantitative estimate of drug-likeness (QED) is 0.817. The van der Waals surface area contributed by atoms with E-state index in [1.165, 1.54) is 0 Å². The van der Waals surface area contributed by atoms with Crippen LogP contribution in [0.4, 0.5) is 10.5 Å². The Labute approximate surface area is 148 Å². The predicted molar refractivity (Wildman–Crippen MR) is 95.3 cm³/mol. The van der Waals surface area contributed by atoms with Gasteiger partial charge in [0.1, 0.15) is 11.4 Å². The van der Waals surface area contributed by atoms with Crippen molar-refractivity contribution < 1.29 is 19.1 Å². The third kappa shape index (κ3) is 5.85. The van der Waals surface area contributed by atoms with Gasteiger partial charge in [0.05, 0.1) is 18.7 Å². The SMILES string of the molecule is COc1ccc(NNC(=O)C2CCCN(C(=O)OC(C)(C)C)C2)cc1. The number of likely N-dealkylation sites (tertiary alicyclic amines) is 1. The van der Waals surface area contributed by atoms with E-state index in [0.29, 0.717) is 13.1 Å². The van der Waals surface area contributed by atoms with E-state index < -0.39 is 5.60 Å². The van der Waals surface area contributed by atoms with Gasteiger partial charge in [-0.25, -0.2) is 4.79 Å². The van der Waals surface area contributed by atoms with Crippen molar-refractivity contribution in [3.05, 3.63) is 24.3 Å². The number of nitrogens with zero attached hydrogens (tertiary/aromatic N) is 1. The molecule has 0 aromatic heterocycles. The van der Waals surface area contributed by atoms with Crippen LogP contribution in [-0.2, 0) is 9.53 Å². The second-order valence-corrected chi connectivity index (χ2v) is 7.11. The number of nitrogens with one attached hydrogen (secondary N) is 2. The van der Waals surface area contributed by atoms with Crippen LogP contribution in [-0.4, -0.2) is 42.7 Å². The van der Waals surface area contributed by atoms with Gasteiger partial charge in [-0.1, -0.05) is 0 Å². The highest BCUT2D eigenvalue weighted by molar-refractivity contribution is 5.81. The maximum Gasteiger partial charge on any atom is 0.410 e. The number of methoxy groups -OCH3 is 1. The van der Waals surface area contributed by atoms with Crippen LogP contribution in [0.25, 0.3) is 0 Å². The Kier molecular flexibility index (Phi) is 6.12. The number of amides is 2. The monoisotopic (exact) mass is 349 g/mol. The molecule has 1 aliphatic heterocycles. The second kappa shape index (κ2) is 8.09. The Balaban J connectivity index is 1.85. The Hall–Kier alpha value is -2.44. The molecule has 1 fully saturated rings. The molecule has 2 N–H and O–H groups in total. The molecule has 0 saturated carbocycles. The van der Waals surface area contributed by atoms with Crippen molar-refractivity contribution in [1.29, 1.82) is 0 Å². The van der Waals surface area contributed by atoms with E-state index in [4.69, 9.17) is 9.47 Å². The molecule has 0 bridgehead atoms. The molecule has 1 unspecified atom stereocenters. The van der Waals surface area contributed by atoms with Gasteiger partial charge in [-0.2, -0.15) is 0 Å². The first-order valence-electron chi connectivity index (χ1n) is 8.46. The summed E-state index contributed by atoms with van der Waals surface area (Å²) in [7, 11) is 1.60. The standard InChI is InChI=1S/C18H27N3O4/c1-18(2,3)25-17(23)21-11-5-6-13(12-21)16(22)20-19-14-7-9-15(24-4)10-8-14/h7-10,13,19H,5-6,11-12H2,1-4H3,(H,20,22). The summed E-state index contributed by atoms with van der Waals surface area (Å²) in [5, 5.41) is 0. The molecule has 138 valence electrons. The maximum atomic E-state index is 12.4. The van der Waals surface area contributed by atoms with E-state index in [9.17, 15) is 9.59 Å². The third-order valence-electron chi connectivity index (χ3n) is 3.86. The molecule has 7 heteroatoms. The van der Waals surface area contributed by atoms with Gasteiger partial charge < -0.3 is 14.4 Å². The number of benzene rings is 1.